The summed E-state index contributed by atoms with van der Waals surface area (Å²) in [6.07, 6.45) is 0.114. The highest BCUT2D eigenvalue weighted by atomic mass is 32.2. The average Bonchev–Trinajstić information content (AvgIpc) is 2.09. The van der Waals surface area contributed by atoms with Crippen molar-refractivity contribution in [2.45, 2.75) is 25.2 Å². The average molecular weight is 210 g/mol. The second-order valence-electron chi connectivity index (χ2n) is 3.11. The van der Waals surface area contributed by atoms with Gasteiger partial charge in [0.2, 0.25) is 0 Å². The van der Waals surface area contributed by atoms with Gasteiger partial charge in [0, 0.05) is 4.90 Å². The Hall–Kier alpha value is -0.960. The maximum atomic E-state index is 10.6. The summed E-state index contributed by atoms with van der Waals surface area (Å²) in [6.45, 7) is 4.09. The van der Waals surface area contributed by atoms with Crippen LogP contribution in [-0.2, 0) is 11.2 Å². The predicted octanol–water partition coefficient (Wildman–Crippen LogP) is 2.73. The van der Waals surface area contributed by atoms with E-state index in [9.17, 15) is 4.79 Å². The molecule has 0 bridgehead atoms. The normalized spacial score (nSPS) is 10.1. The molecule has 1 rings (SSSR count). The lowest BCUT2D eigenvalue weighted by molar-refractivity contribution is -0.136. The lowest BCUT2D eigenvalue weighted by Gasteiger charge is -2.07. The number of hydrogen-bond donors (Lipinski definition) is 1. The largest absolute Gasteiger partial charge is 0.481 e. The molecule has 0 aliphatic carbocycles. The lowest BCUT2D eigenvalue weighted by atomic mass is 10.1. The Labute approximate surface area is 88.3 Å². The number of rotatable bonds is 4. The molecule has 0 fully saturated rings. The second-order valence-corrected chi connectivity index (χ2v) is 4.42. The summed E-state index contributed by atoms with van der Waals surface area (Å²) < 4.78 is 0. The molecule has 0 atom stereocenters. The Morgan fingerprint density at radius 2 is 2.21 bits per heavy atom. The number of carboxylic acids is 1. The van der Waals surface area contributed by atoms with E-state index in [1.54, 1.807) is 11.8 Å². The van der Waals surface area contributed by atoms with Gasteiger partial charge in [0.05, 0.1) is 6.42 Å². The van der Waals surface area contributed by atoms with Crippen LogP contribution in [0.2, 0.25) is 0 Å². The molecule has 2 nitrogen and oxygen atoms in total. The van der Waals surface area contributed by atoms with E-state index in [-0.39, 0.29) is 6.42 Å². The van der Waals surface area contributed by atoms with Crippen molar-refractivity contribution in [3.63, 3.8) is 0 Å². The molecule has 0 amide bonds. The fourth-order valence-electron chi connectivity index (χ4n) is 1.26. The Morgan fingerprint density at radius 1 is 1.50 bits per heavy atom. The van der Waals surface area contributed by atoms with Gasteiger partial charge in [0.15, 0.2) is 0 Å². The number of carbonyl (C=O) groups is 1. The summed E-state index contributed by atoms with van der Waals surface area (Å²) in [7, 11) is 0. The quantitative estimate of drug-likeness (QED) is 0.776. The van der Waals surface area contributed by atoms with E-state index in [2.05, 4.69) is 6.92 Å². The van der Waals surface area contributed by atoms with Gasteiger partial charge in [-0.3, -0.25) is 4.79 Å². The minimum absolute atomic E-state index is 0.114. The molecule has 1 aromatic rings. The molecule has 3 heteroatoms. The number of hydrogen-bond acceptors (Lipinski definition) is 2. The standard InChI is InChI=1S/C11H14O2S/c1-3-14-10-6-8(2)4-5-9(10)7-11(12)13/h4-6H,3,7H2,1-2H3,(H,12,13). The van der Waals surface area contributed by atoms with Crippen LogP contribution in [0.5, 0.6) is 0 Å². The molecular weight excluding hydrogens is 196 g/mol. The van der Waals surface area contributed by atoms with Gasteiger partial charge < -0.3 is 5.11 Å². The molecular formula is C11H14O2S. The minimum atomic E-state index is -0.771. The molecule has 0 radical (unpaired) electrons. The van der Waals surface area contributed by atoms with Crippen molar-refractivity contribution in [1.29, 1.82) is 0 Å². The van der Waals surface area contributed by atoms with E-state index in [4.69, 9.17) is 5.11 Å². The third-order valence-electron chi connectivity index (χ3n) is 1.86. The summed E-state index contributed by atoms with van der Waals surface area (Å²) in [5.41, 5.74) is 2.09. The van der Waals surface area contributed by atoms with Crippen molar-refractivity contribution in [3.05, 3.63) is 29.3 Å². The third-order valence-corrected chi connectivity index (χ3v) is 2.84. The van der Waals surface area contributed by atoms with Gasteiger partial charge in [0.1, 0.15) is 0 Å². The zero-order chi connectivity index (χ0) is 10.6. The van der Waals surface area contributed by atoms with Crippen LogP contribution in [0.1, 0.15) is 18.1 Å². The number of aliphatic carboxylic acids is 1. The van der Waals surface area contributed by atoms with Crippen LogP contribution in [-0.4, -0.2) is 16.8 Å². The molecule has 1 N–H and O–H groups in total. The van der Waals surface area contributed by atoms with E-state index < -0.39 is 5.97 Å². The zero-order valence-electron chi connectivity index (χ0n) is 8.41. The summed E-state index contributed by atoms with van der Waals surface area (Å²) in [4.78, 5) is 11.7. The fraction of sp³-hybridized carbons (Fsp3) is 0.364. The van der Waals surface area contributed by atoms with E-state index in [0.717, 1.165) is 16.2 Å². The summed E-state index contributed by atoms with van der Waals surface area (Å²) >= 11 is 1.69. The number of carboxylic acid groups (broad SMARTS) is 1. The highest BCUT2D eigenvalue weighted by Crippen LogP contribution is 2.24. The van der Waals surface area contributed by atoms with Crippen molar-refractivity contribution in [2.24, 2.45) is 0 Å². The lowest BCUT2D eigenvalue weighted by Crippen LogP contribution is -2.01. The molecule has 0 aliphatic rings. The third kappa shape index (κ3) is 3.07. The van der Waals surface area contributed by atoms with Crippen molar-refractivity contribution < 1.29 is 9.90 Å². The molecule has 0 unspecified atom stereocenters. The number of thioether (sulfide) groups is 1. The van der Waals surface area contributed by atoms with Gasteiger partial charge in [-0.15, -0.1) is 11.8 Å². The van der Waals surface area contributed by atoms with E-state index in [1.807, 2.05) is 25.1 Å². The highest BCUT2D eigenvalue weighted by molar-refractivity contribution is 7.99. The molecule has 0 aromatic heterocycles. The first-order valence-corrected chi connectivity index (χ1v) is 5.56. The van der Waals surface area contributed by atoms with Crippen LogP contribution in [0.3, 0.4) is 0 Å². The molecule has 76 valence electrons. The molecule has 0 saturated heterocycles. The topological polar surface area (TPSA) is 37.3 Å². The summed E-state index contributed by atoms with van der Waals surface area (Å²) in [6, 6.07) is 5.91. The van der Waals surface area contributed by atoms with Gasteiger partial charge in [0.25, 0.3) is 0 Å². The van der Waals surface area contributed by atoms with Gasteiger partial charge in [-0.05, 0) is 24.3 Å². The smallest absolute Gasteiger partial charge is 0.307 e. The van der Waals surface area contributed by atoms with E-state index in [1.165, 1.54) is 5.56 Å². The molecule has 0 aliphatic heterocycles. The molecule has 1 aromatic carbocycles. The predicted molar refractivity (Wildman–Crippen MR) is 58.9 cm³/mol. The minimum Gasteiger partial charge on any atom is -0.481 e. The highest BCUT2D eigenvalue weighted by Gasteiger charge is 2.06. The van der Waals surface area contributed by atoms with Crippen molar-refractivity contribution in [1.82, 2.24) is 0 Å². The Bertz CT molecular complexity index is 334. The van der Waals surface area contributed by atoms with Crippen molar-refractivity contribution >= 4 is 17.7 Å². The van der Waals surface area contributed by atoms with Gasteiger partial charge in [-0.1, -0.05) is 24.6 Å². The van der Waals surface area contributed by atoms with Crippen LogP contribution in [0.25, 0.3) is 0 Å². The second kappa shape index (κ2) is 5.05. The van der Waals surface area contributed by atoms with Crippen molar-refractivity contribution in [3.8, 4) is 0 Å². The monoisotopic (exact) mass is 210 g/mol. The summed E-state index contributed by atoms with van der Waals surface area (Å²) in [5.74, 6) is 0.197. The maximum Gasteiger partial charge on any atom is 0.307 e. The fourth-order valence-corrected chi connectivity index (χ4v) is 2.17. The first-order valence-electron chi connectivity index (χ1n) is 4.57. The van der Waals surface area contributed by atoms with Crippen LogP contribution >= 0.6 is 11.8 Å². The van der Waals surface area contributed by atoms with Crippen LogP contribution in [0.15, 0.2) is 23.1 Å². The van der Waals surface area contributed by atoms with Gasteiger partial charge in [-0.2, -0.15) is 0 Å². The molecule has 0 heterocycles. The van der Waals surface area contributed by atoms with Gasteiger partial charge >= 0.3 is 5.97 Å². The van der Waals surface area contributed by atoms with Crippen LogP contribution in [0.4, 0.5) is 0 Å². The zero-order valence-corrected chi connectivity index (χ0v) is 9.23. The Morgan fingerprint density at radius 3 is 2.79 bits per heavy atom. The van der Waals surface area contributed by atoms with Crippen LogP contribution < -0.4 is 0 Å². The first-order chi connectivity index (χ1) is 6.63. The Balaban J connectivity index is 2.95. The number of benzene rings is 1. The molecule has 14 heavy (non-hydrogen) atoms. The summed E-state index contributed by atoms with van der Waals surface area (Å²) in [5, 5.41) is 8.72. The van der Waals surface area contributed by atoms with Crippen molar-refractivity contribution in [2.75, 3.05) is 5.75 Å². The molecule has 0 saturated carbocycles. The van der Waals surface area contributed by atoms with Crippen LogP contribution in [0, 0.1) is 6.92 Å². The first kappa shape index (κ1) is 11.1. The van der Waals surface area contributed by atoms with Gasteiger partial charge in [-0.25, -0.2) is 0 Å². The number of aryl methyl sites for hydroxylation is 1. The van der Waals surface area contributed by atoms with E-state index >= 15 is 0 Å². The van der Waals surface area contributed by atoms with E-state index in [0.29, 0.717) is 0 Å². The Kier molecular flexibility index (Phi) is 4.01. The maximum absolute atomic E-state index is 10.6. The SMILES string of the molecule is CCSc1cc(C)ccc1CC(=O)O. The molecule has 0 spiro atoms.